The van der Waals surface area contributed by atoms with Crippen LogP contribution in [0.15, 0.2) is 47.0 Å². The molecule has 1 saturated heterocycles. The number of anilines is 1. The van der Waals surface area contributed by atoms with Gasteiger partial charge in [0.25, 0.3) is 5.89 Å². The van der Waals surface area contributed by atoms with Gasteiger partial charge in [0.2, 0.25) is 0 Å². The number of carbonyl (C=O) groups is 1. The lowest BCUT2D eigenvalue weighted by atomic mass is 10.1. The zero-order valence-corrected chi connectivity index (χ0v) is 17.8. The van der Waals surface area contributed by atoms with E-state index in [1.807, 2.05) is 55.1 Å². The van der Waals surface area contributed by atoms with Crippen LogP contribution < -0.4 is 5.32 Å². The molecule has 0 aliphatic carbocycles. The molecule has 0 bridgehead atoms. The van der Waals surface area contributed by atoms with E-state index in [1.54, 1.807) is 6.07 Å². The highest BCUT2D eigenvalue weighted by Crippen LogP contribution is 2.26. The Labute approximate surface area is 180 Å². The number of aryl methyl sites for hydroxylation is 2. The molecule has 156 valence electrons. The number of hydrogen-bond acceptors (Lipinski definition) is 5. The fraction of sp³-hybridized carbons (Fsp3) is 0.318. The third kappa shape index (κ3) is 4.47. The molecule has 8 heteroatoms. The maximum Gasteiger partial charge on any atom is 0.321 e. The molecule has 0 unspecified atom stereocenters. The molecule has 0 radical (unpaired) electrons. The summed E-state index contributed by atoms with van der Waals surface area (Å²) in [6, 6.07) is 13.3. The van der Waals surface area contributed by atoms with Gasteiger partial charge in [0, 0.05) is 31.9 Å². The summed E-state index contributed by atoms with van der Waals surface area (Å²) in [7, 11) is 0. The summed E-state index contributed by atoms with van der Waals surface area (Å²) in [5, 5.41) is 7.71. The van der Waals surface area contributed by atoms with Crippen LogP contribution in [0.25, 0.3) is 11.5 Å². The van der Waals surface area contributed by atoms with Crippen molar-refractivity contribution >= 4 is 23.3 Å². The second-order valence-electron chi connectivity index (χ2n) is 7.46. The van der Waals surface area contributed by atoms with E-state index in [2.05, 4.69) is 20.4 Å². The van der Waals surface area contributed by atoms with Crippen molar-refractivity contribution in [3.8, 4) is 11.5 Å². The second kappa shape index (κ2) is 8.85. The molecule has 0 saturated carbocycles. The van der Waals surface area contributed by atoms with Gasteiger partial charge in [0.15, 0.2) is 5.82 Å². The molecule has 1 aliphatic heterocycles. The van der Waals surface area contributed by atoms with Gasteiger partial charge in [-0.1, -0.05) is 47.1 Å². The Kier molecular flexibility index (Phi) is 6.01. The Morgan fingerprint density at radius 2 is 1.77 bits per heavy atom. The Hall–Kier alpha value is -2.90. The maximum absolute atomic E-state index is 12.7. The normalized spacial score (nSPS) is 14.7. The molecular formula is C22H24ClN5O2. The van der Waals surface area contributed by atoms with E-state index < -0.39 is 0 Å². The monoisotopic (exact) mass is 425 g/mol. The van der Waals surface area contributed by atoms with Crippen LogP contribution in [0.2, 0.25) is 5.02 Å². The van der Waals surface area contributed by atoms with Gasteiger partial charge < -0.3 is 14.7 Å². The maximum atomic E-state index is 12.7. The molecule has 1 N–H and O–H groups in total. The first kappa shape index (κ1) is 20.4. The van der Waals surface area contributed by atoms with E-state index in [4.69, 9.17) is 16.1 Å². The lowest BCUT2D eigenvalue weighted by Gasteiger charge is -2.34. The van der Waals surface area contributed by atoms with Crippen molar-refractivity contribution in [1.29, 1.82) is 0 Å². The van der Waals surface area contributed by atoms with Crippen molar-refractivity contribution in [3.05, 3.63) is 64.4 Å². The summed E-state index contributed by atoms with van der Waals surface area (Å²) in [5.74, 6) is 1.03. The number of rotatable bonds is 4. The Morgan fingerprint density at radius 3 is 2.47 bits per heavy atom. The quantitative estimate of drug-likeness (QED) is 0.672. The highest BCUT2D eigenvalue weighted by molar-refractivity contribution is 6.33. The van der Waals surface area contributed by atoms with Crippen LogP contribution in [-0.2, 0) is 6.54 Å². The molecular weight excluding hydrogens is 402 g/mol. The largest absolute Gasteiger partial charge is 0.334 e. The standard InChI is InChI=1S/C22H24ClN5O2/c1-15-6-5-7-16(2)20(15)25-22(29)28-12-10-27(11-13-28)14-19-24-21(30-26-19)17-8-3-4-9-18(17)23/h3-9H,10-14H2,1-2H3,(H,25,29). The van der Waals surface area contributed by atoms with Crippen LogP contribution in [0.3, 0.4) is 0 Å². The smallest absolute Gasteiger partial charge is 0.321 e. The number of aromatic nitrogens is 2. The molecule has 0 atom stereocenters. The molecule has 30 heavy (non-hydrogen) atoms. The molecule has 2 heterocycles. The molecule has 3 aromatic rings. The predicted octanol–water partition coefficient (Wildman–Crippen LogP) is 4.36. The van der Waals surface area contributed by atoms with Crippen LogP contribution in [0.5, 0.6) is 0 Å². The highest BCUT2D eigenvalue weighted by atomic mass is 35.5. The summed E-state index contributed by atoms with van der Waals surface area (Å²) >= 11 is 6.20. The van der Waals surface area contributed by atoms with Gasteiger partial charge >= 0.3 is 6.03 Å². The fourth-order valence-electron chi connectivity index (χ4n) is 3.57. The first-order chi connectivity index (χ1) is 14.5. The second-order valence-corrected chi connectivity index (χ2v) is 7.86. The number of benzene rings is 2. The van der Waals surface area contributed by atoms with Crippen molar-refractivity contribution in [2.24, 2.45) is 0 Å². The minimum absolute atomic E-state index is 0.0624. The van der Waals surface area contributed by atoms with E-state index >= 15 is 0 Å². The predicted molar refractivity (Wildman–Crippen MR) is 117 cm³/mol. The molecule has 1 fully saturated rings. The first-order valence-corrected chi connectivity index (χ1v) is 10.3. The number of nitrogens with zero attached hydrogens (tertiary/aromatic N) is 4. The number of urea groups is 1. The number of carbonyl (C=O) groups excluding carboxylic acids is 1. The van der Waals surface area contributed by atoms with Crippen molar-refractivity contribution in [2.75, 3.05) is 31.5 Å². The third-order valence-corrected chi connectivity index (χ3v) is 5.64. The van der Waals surface area contributed by atoms with E-state index in [1.165, 1.54) is 0 Å². The summed E-state index contributed by atoms with van der Waals surface area (Å²) in [4.78, 5) is 21.2. The molecule has 2 amide bonds. The number of nitrogens with one attached hydrogen (secondary N) is 1. The van der Waals surface area contributed by atoms with E-state index in [9.17, 15) is 4.79 Å². The fourth-order valence-corrected chi connectivity index (χ4v) is 3.79. The topological polar surface area (TPSA) is 74.5 Å². The van der Waals surface area contributed by atoms with Gasteiger partial charge in [0.05, 0.1) is 17.1 Å². The van der Waals surface area contributed by atoms with E-state index in [0.717, 1.165) is 35.5 Å². The van der Waals surface area contributed by atoms with Crippen LogP contribution >= 0.6 is 11.6 Å². The van der Waals surface area contributed by atoms with Crippen LogP contribution in [0.1, 0.15) is 17.0 Å². The van der Waals surface area contributed by atoms with Gasteiger partial charge in [0.1, 0.15) is 0 Å². The lowest BCUT2D eigenvalue weighted by molar-refractivity contribution is 0.140. The van der Waals surface area contributed by atoms with Gasteiger partial charge in [-0.15, -0.1) is 0 Å². The zero-order chi connectivity index (χ0) is 21.1. The Bertz CT molecular complexity index is 1020. The Balaban J connectivity index is 1.32. The van der Waals surface area contributed by atoms with Crippen LogP contribution in [0, 0.1) is 13.8 Å². The number of halogens is 1. The summed E-state index contributed by atoms with van der Waals surface area (Å²) in [6.45, 7) is 7.36. The number of piperazine rings is 1. The van der Waals surface area contributed by atoms with Crippen molar-refractivity contribution < 1.29 is 9.32 Å². The molecule has 2 aromatic carbocycles. The van der Waals surface area contributed by atoms with Crippen LogP contribution in [0.4, 0.5) is 10.5 Å². The number of hydrogen-bond donors (Lipinski definition) is 1. The van der Waals surface area contributed by atoms with Gasteiger partial charge in [-0.25, -0.2) is 4.79 Å². The van der Waals surface area contributed by atoms with Gasteiger partial charge in [-0.2, -0.15) is 4.98 Å². The van der Waals surface area contributed by atoms with E-state index in [0.29, 0.717) is 36.4 Å². The molecule has 1 aliphatic rings. The molecule has 4 rings (SSSR count). The first-order valence-electron chi connectivity index (χ1n) is 9.93. The summed E-state index contributed by atoms with van der Waals surface area (Å²) < 4.78 is 5.37. The van der Waals surface area contributed by atoms with Crippen molar-refractivity contribution in [2.45, 2.75) is 20.4 Å². The van der Waals surface area contributed by atoms with Gasteiger partial charge in [-0.3, -0.25) is 4.90 Å². The van der Waals surface area contributed by atoms with E-state index in [-0.39, 0.29) is 6.03 Å². The molecule has 1 aromatic heterocycles. The third-order valence-electron chi connectivity index (χ3n) is 5.31. The highest BCUT2D eigenvalue weighted by Gasteiger charge is 2.23. The van der Waals surface area contributed by atoms with Crippen molar-refractivity contribution in [3.63, 3.8) is 0 Å². The Morgan fingerprint density at radius 1 is 1.07 bits per heavy atom. The number of para-hydroxylation sites is 1. The summed E-state index contributed by atoms with van der Waals surface area (Å²) in [6.07, 6.45) is 0. The van der Waals surface area contributed by atoms with Crippen LogP contribution in [-0.4, -0.2) is 52.2 Å². The van der Waals surface area contributed by atoms with Gasteiger partial charge in [-0.05, 0) is 37.1 Å². The molecule has 0 spiro atoms. The number of amides is 2. The zero-order valence-electron chi connectivity index (χ0n) is 17.1. The average Bonchev–Trinajstić information content (AvgIpc) is 3.20. The minimum Gasteiger partial charge on any atom is -0.334 e. The minimum atomic E-state index is -0.0624. The van der Waals surface area contributed by atoms with Crippen molar-refractivity contribution in [1.82, 2.24) is 19.9 Å². The molecule has 7 nitrogen and oxygen atoms in total. The SMILES string of the molecule is Cc1cccc(C)c1NC(=O)N1CCN(Cc2noc(-c3ccccc3Cl)n2)CC1. The lowest BCUT2D eigenvalue weighted by Crippen LogP contribution is -2.49. The average molecular weight is 426 g/mol. The summed E-state index contributed by atoms with van der Waals surface area (Å²) in [5.41, 5.74) is 3.75.